The van der Waals surface area contributed by atoms with Crippen molar-refractivity contribution in [2.45, 2.75) is 19.4 Å². The molecule has 0 saturated carbocycles. The van der Waals surface area contributed by atoms with Crippen LogP contribution < -0.4 is 11.0 Å². The second-order valence-electron chi connectivity index (χ2n) is 5.89. The molecule has 1 fully saturated rings. The first kappa shape index (κ1) is 14.3. The molecule has 0 bridgehead atoms. The van der Waals surface area contributed by atoms with Crippen LogP contribution in [0.25, 0.3) is 5.65 Å². The van der Waals surface area contributed by atoms with E-state index in [0.29, 0.717) is 12.2 Å². The van der Waals surface area contributed by atoms with E-state index < -0.39 is 0 Å². The van der Waals surface area contributed by atoms with Crippen LogP contribution in [0.3, 0.4) is 0 Å². The minimum Gasteiger partial charge on any atom is -0.317 e. The van der Waals surface area contributed by atoms with E-state index in [1.807, 2.05) is 18.2 Å². The number of nitrogens with zero attached hydrogens (tertiary/aromatic N) is 4. The fourth-order valence-electron chi connectivity index (χ4n) is 2.98. The van der Waals surface area contributed by atoms with E-state index in [-0.39, 0.29) is 5.69 Å². The third-order valence-electron chi connectivity index (χ3n) is 4.21. The normalized spacial score (nSPS) is 16.9. The Morgan fingerprint density at radius 1 is 1.38 bits per heavy atom. The van der Waals surface area contributed by atoms with Crippen molar-refractivity contribution in [3.63, 3.8) is 0 Å². The van der Waals surface area contributed by atoms with Crippen LogP contribution in [-0.4, -0.2) is 52.3 Å². The van der Waals surface area contributed by atoms with Gasteiger partial charge in [-0.15, -0.1) is 5.10 Å². The fraction of sp³-hybridized carbons (Fsp3) is 0.600. The molecule has 114 valence electrons. The van der Waals surface area contributed by atoms with Crippen molar-refractivity contribution in [2.75, 3.05) is 33.2 Å². The van der Waals surface area contributed by atoms with Crippen molar-refractivity contribution in [3.8, 4) is 0 Å². The summed E-state index contributed by atoms with van der Waals surface area (Å²) in [5.41, 5.74) is 0.657. The van der Waals surface area contributed by atoms with Gasteiger partial charge in [-0.2, -0.15) is 0 Å². The Labute approximate surface area is 124 Å². The van der Waals surface area contributed by atoms with Gasteiger partial charge in [0.15, 0.2) is 5.65 Å². The summed E-state index contributed by atoms with van der Waals surface area (Å²) in [5.74, 6) is 0.772. The smallest absolute Gasteiger partial charge is 0.317 e. The maximum atomic E-state index is 12.2. The summed E-state index contributed by atoms with van der Waals surface area (Å²) in [6, 6.07) is 5.61. The molecule has 0 unspecified atom stereocenters. The Bertz CT molecular complexity index is 641. The van der Waals surface area contributed by atoms with Crippen LogP contribution in [0.2, 0.25) is 0 Å². The van der Waals surface area contributed by atoms with Gasteiger partial charge in [0.1, 0.15) is 0 Å². The molecule has 1 aliphatic heterocycles. The van der Waals surface area contributed by atoms with Crippen molar-refractivity contribution in [1.82, 2.24) is 24.4 Å². The highest BCUT2D eigenvalue weighted by atomic mass is 16.2. The molecule has 1 N–H and O–H groups in total. The van der Waals surface area contributed by atoms with Gasteiger partial charge < -0.3 is 10.2 Å². The first-order valence-electron chi connectivity index (χ1n) is 7.67. The molecule has 1 aliphatic rings. The fourth-order valence-corrected chi connectivity index (χ4v) is 2.98. The number of aromatic nitrogens is 3. The van der Waals surface area contributed by atoms with E-state index in [1.54, 1.807) is 15.3 Å². The van der Waals surface area contributed by atoms with Crippen LogP contribution in [0.4, 0.5) is 0 Å². The summed E-state index contributed by atoms with van der Waals surface area (Å²) < 4.78 is 3.15. The van der Waals surface area contributed by atoms with Crippen molar-refractivity contribution >= 4 is 5.65 Å². The topological polar surface area (TPSA) is 54.6 Å². The molecule has 21 heavy (non-hydrogen) atoms. The molecule has 3 heterocycles. The zero-order valence-electron chi connectivity index (χ0n) is 12.5. The number of piperidine rings is 1. The predicted octanol–water partition coefficient (Wildman–Crippen LogP) is 0.427. The largest absolute Gasteiger partial charge is 0.350 e. The second-order valence-corrected chi connectivity index (χ2v) is 5.89. The van der Waals surface area contributed by atoms with Crippen LogP contribution in [-0.2, 0) is 6.54 Å². The maximum Gasteiger partial charge on any atom is 0.350 e. The molecule has 0 radical (unpaired) electrons. The number of hydrogen-bond donors (Lipinski definition) is 1. The summed E-state index contributed by atoms with van der Waals surface area (Å²) in [4.78, 5) is 14.5. The van der Waals surface area contributed by atoms with Crippen molar-refractivity contribution in [1.29, 1.82) is 0 Å². The first-order valence-corrected chi connectivity index (χ1v) is 7.67. The molecule has 6 nitrogen and oxygen atoms in total. The molecule has 0 aliphatic carbocycles. The number of pyridine rings is 1. The average molecular weight is 289 g/mol. The summed E-state index contributed by atoms with van der Waals surface area (Å²) in [6.07, 6.45) is 4.26. The average Bonchev–Trinajstić information content (AvgIpc) is 2.83. The highest BCUT2D eigenvalue weighted by molar-refractivity contribution is 5.35. The van der Waals surface area contributed by atoms with Gasteiger partial charge in [-0.25, -0.2) is 9.48 Å². The van der Waals surface area contributed by atoms with Crippen LogP contribution in [0, 0.1) is 5.92 Å². The molecular weight excluding hydrogens is 266 g/mol. The van der Waals surface area contributed by atoms with Gasteiger partial charge in [0.05, 0.1) is 6.54 Å². The van der Waals surface area contributed by atoms with Gasteiger partial charge in [0.2, 0.25) is 0 Å². The van der Waals surface area contributed by atoms with E-state index in [4.69, 9.17) is 0 Å². The molecule has 2 aromatic rings. The lowest BCUT2D eigenvalue weighted by atomic mass is 9.98. The lowest BCUT2D eigenvalue weighted by Crippen LogP contribution is -2.36. The van der Waals surface area contributed by atoms with Gasteiger partial charge >= 0.3 is 5.69 Å². The van der Waals surface area contributed by atoms with Crippen molar-refractivity contribution < 1.29 is 0 Å². The molecule has 0 amide bonds. The van der Waals surface area contributed by atoms with Crippen molar-refractivity contribution in [2.24, 2.45) is 5.92 Å². The first-order chi connectivity index (χ1) is 10.2. The van der Waals surface area contributed by atoms with E-state index in [9.17, 15) is 4.79 Å². The van der Waals surface area contributed by atoms with Crippen LogP contribution in [0.5, 0.6) is 0 Å². The van der Waals surface area contributed by atoms with Gasteiger partial charge in [-0.1, -0.05) is 6.07 Å². The summed E-state index contributed by atoms with van der Waals surface area (Å²) in [6.45, 7) is 4.86. The predicted molar refractivity (Wildman–Crippen MR) is 82.5 cm³/mol. The SMILES string of the molecule is CN(CCn1nc2ccccn2c1=O)CC1CCNCC1. The highest BCUT2D eigenvalue weighted by Gasteiger charge is 2.15. The summed E-state index contributed by atoms with van der Waals surface area (Å²) in [7, 11) is 2.13. The number of rotatable bonds is 5. The number of hydrogen-bond acceptors (Lipinski definition) is 4. The standard InChI is InChI=1S/C15H23N5O/c1-18(12-13-5-7-16-8-6-13)10-11-20-15(21)19-9-3-2-4-14(19)17-20/h2-4,9,13,16H,5-8,10-12H2,1H3. The molecule has 0 atom stereocenters. The molecule has 1 saturated heterocycles. The Morgan fingerprint density at radius 3 is 2.95 bits per heavy atom. The van der Waals surface area contributed by atoms with Gasteiger partial charge in [0, 0.05) is 19.3 Å². The van der Waals surface area contributed by atoms with E-state index >= 15 is 0 Å². The van der Waals surface area contributed by atoms with E-state index in [1.165, 1.54) is 12.8 Å². The maximum absolute atomic E-state index is 12.2. The minimum absolute atomic E-state index is 0.0548. The number of likely N-dealkylation sites (N-methyl/N-ethyl adjacent to an activating group) is 1. The van der Waals surface area contributed by atoms with E-state index in [2.05, 4.69) is 22.4 Å². The number of nitrogens with one attached hydrogen (secondary N) is 1. The van der Waals surface area contributed by atoms with E-state index in [0.717, 1.165) is 32.1 Å². The molecule has 2 aromatic heterocycles. The van der Waals surface area contributed by atoms with Gasteiger partial charge in [0.25, 0.3) is 0 Å². The molecule has 3 rings (SSSR count). The molecule has 0 spiro atoms. The molecule has 6 heteroatoms. The molecular formula is C15H23N5O. The van der Waals surface area contributed by atoms with Crippen LogP contribution in [0.15, 0.2) is 29.2 Å². The Balaban J connectivity index is 1.58. The zero-order valence-corrected chi connectivity index (χ0v) is 12.5. The third kappa shape index (κ3) is 3.33. The quantitative estimate of drug-likeness (QED) is 0.867. The molecule has 0 aromatic carbocycles. The monoisotopic (exact) mass is 289 g/mol. The van der Waals surface area contributed by atoms with Gasteiger partial charge in [-0.05, 0) is 51.0 Å². The summed E-state index contributed by atoms with van der Waals surface area (Å²) in [5, 5.41) is 7.75. The van der Waals surface area contributed by atoms with Gasteiger partial charge in [-0.3, -0.25) is 4.40 Å². The lowest BCUT2D eigenvalue weighted by molar-refractivity contribution is 0.231. The lowest BCUT2D eigenvalue weighted by Gasteiger charge is -2.27. The Hall–Kier alpha value is -1.66. The Kier molecular flexibility index (Phi) is 4.36. The van der Waals surface area contributed by atoms with Crippen LogP contribution in [0.1, 0.15) is 12.8 Å². The van der Waals surface area contributed by atoms with Crippen LogP contribution >= 0.6 is 0 Å². The Morgan fingerprint density at radius 2 is 2.19 bits per heavy atom. The summed E-state index contributed by atoms with van der Waals surface area (Å²) >= 11 is 0. The highest BCUT2D eigenvalue weighted by Crippen LogP contribution is 2.12. The second kappa shape index (κ2) is 6.41. The number of fused-ring (bicyclic) bond motifs is 1. The zero-order chi connectivity index (χ0) is 14.7. The van der Waals surface area contributed by atoms with Crippen molar-refractivity contribution in [3.05, 3.63) is 34.9 Å². The third-order valence-corrected chi connectivity index (χ3v) is 4.21. The minimum atomic E-state index is -0.0548.